The normalized spacial score (nSPS) is 15.9. The number of nitrogens with one attached hydrogen (secondary N) is 1. The summed E-state index contributed by atoms with van der Waals surface area (Å²) in [6, 6.07) is 14.7. The Morgan fingerprint density at radius 1 is 1.13 bits per heavy atom. The number of rotatable bonds is 6. The number of urea groups is 1. The van der Waals surface area contributed by atoms with Gasteiger partial charge in [-0.25, -0.2) is 14.6 Å². The Hall–Kier alpha value is -3.35. The van der Waals surface area contributed by atoms with Gasteiger partial charge < -0.3 is 19.5 Å². The van der Waals surface area contributed by atoms with Crippen LogP contribution in [0.25, 0.3) is 11.0 Å². The van der Waals surface area contributed by atoms with Gasteiger partial charge in [0.25, 0.3) is 0 Å². The molecule has 162 valence electrons. The third kappa shape index (κ3) is 4.26. The molecule has 3 aromatic rings. The highest BCUT2D eigenvalue weighted by molar-refractivity contribution is 5.92. The van der Waals surface area contributed by atoms with E-state index in [9.17, 15) is 9.59 Å². The van der Waals surface area contributed by atoms with Crippen LogP contribution in [-0.4, -0.2) is 39.6 Å². The fourth-order valence-electron chi connectivity index (χ4n) is 4.12. The fraction of sp³-hybridized carbons (Fsp3) is 0.375. The fourth-order valence-corrected chi connectivity index (χ4v) is 4.12. The number of hydrogen-bond donors (Lipinski definition) is 1. The van der Waals surface area contributed by atoms with E-state index >= 15 is 0 Å². The van der Waals surface area contributed by atoms with Crippen molar-refractivity contribution in [1.29, 1.82) is 0 Å². The van der Waals surface area contributed by atoms with E-state index in [1.165, 1.54) is 0 Å². The molecule has 1 atom stereocenters. The average Bonchev–Trinajstić information content (AvgIpc) is 3.42. The molecule has 0 saturated carbocycles. The van der Waals surface area contributed by atoms with Crippen LogP contribution in [0.4, 0.5) is 10.5 Å². The molecule has 1 aromatic heterocycles. The standard InChI is InChI=1S/C24H28N4O3/c1-3-16-31-23(29)17-11-13-18(14-12-17)25-24(30)28-15-7-10-21(28)22-26-19-8-5-6-9-20(19)27(22)4-2/h5-6,8-9,11-14,21H,3-4,7,10,15-16H2,1-2H3,(H,25,30). The summed E-state index contributed by atoms with van der Waals surface area (Å²) in [5.41, 5.74) is 3.17. The van der Waals surface area contributed by atoms with Crippen LogP contribution < -0.4 is 5.32 Å². The Kier molecular flexibility index (Phi) is 6.21. The molecule has 1 N–H and O–H groups in total. The molecule has 2 aromatic carbocycles. The van der Waals surface area contributed by atoms with Crippen LogP contribution in [0.2, 0.25) is 0 Å². The third-order valence-electron chi connectivity index (χ3n) is 5.62. The molecule has 1 aliphatic rings. The molecular weight excluding hydrogens is 392 g/mol. The number of aromatic nitrogens is 2. The number of carbonyl (C=O) groups is 2. The van der Waals surface area contributed by atoms with Crippen LogP contribution in [0.1, 0.15) is 55.3 Å². The van der Waals surface area contributed by atoms with E-state index in [0.717, 1.165) is 42.7 Å². The van der Waals surface area contributed by atoms with Crippen molar-refractivity contribution in [1.82, 2.24) is 14.5 Å². The maximum absolute atomic E-state index is 13.1. The van der Waals surface area contributed by atoms with Crippen molar-refractivity contribution in [2.45, 2.75) is 45.7 Å². The summed E-state index contributed by atoms with van der Waals surface area (Å²) < 4.78 is 7.34. The molecule has 2 heterocycles. The van der Waals surface area contributed by atoms with Gasteiger partial charge in [-0.2, -0.15) is 0 Å². The predicted molar refractivity (Wildman–Crippen MR) is 120 cm³/mol. The van der Waals surface area contributed by atoms with E-state index in [0.29, 0.717) is 24.4 Å². The molecule has 1 unspecified atom stereocenters. The summed E-state index contributed by atoms with van der Waals surface area (Å²) in [6.07, 6.45) is 2.61. The first-order valence-corrected chi connectivity index (χ1v) is 10.9. The first-order chi connectivity index (χ1) is 15.1. The van der Waals surface area contributed by atoms with E-state index in [4.69, 9.17) is 9.72 Å². The summed E-state index contributed by atoms with van der Waals surface area (Å²) in [4.78, 5) is 31.7. The van der Waals surface area contributed by atoms with Crippen molar-refractivity contribution >= 4 is 28.7 Å². The number of aryl methyl sites for hydroxylation is 1. The quantitative estimate of drug-likeness (QED) is 0.570. The predicted octanol–water partition coefficient (Wildman–Crippen LogP) is 4.99. The number of imidazole rings is 1. The number of esters is 1. The maximum atomic E-state index is 13.1. The first kappa shape index (κ1) is 20.9. The number of benzene rings is 2. The lowest BCUT2D eigenvalue weighted by molar-refractivity contribution is 0.0505. The van der Waals surface area contributed by atoms with Gasteiger partial charge in [0.05, 0.1) is 29.2 Å². The summed E-state index contributed by atoms with van der Waals surface area (Å²) in [6.45, 7) is 5.94. The molecule has 0 spiro atoms. The number of para-hydroxylation sites is 2. The topological polar surface area (TPSA) is 76.5 Å². The molecule has 31 heavy (non-hydrogen) atoms. The van der Waals surface area contributed by atoms with E-state index in [1.807, 2.05) is 30.0 Å². The van der Waals surface area contributed by atoms with Gasteiger partial charge in [-0.3, -0.25) is 0 Å². The number of anilines is 1. The number of hydrogen-bond acceptors (Lipinski definition) is 4. The molecular formula is C24H28N4O3. The molecule has 1 fully saturated rings. The zero-order valence-electron chi connectivity index (χ0n) is 18.0. The summed E-state index contributed by atoms with van der Waals surface area (Å²) in [7, 11) is 0. The number of amides is 2. The van der Waals surface area contributed by atoms with Crippen molar-refractivity contribution in [3.05, 3.63) is 59.9 Å². The summed E-state index contributed by atoms with van der Waals surface area (Å²) in [5.74, 6) is 0.586. The second-order valence-electron chi connectivity index (χ2n) is 7.70. The Morgan fingerprint density at radius 2 is 1.90 bits per heavy atom. The van der Waals surface area contributed by atoms with Crippen LogP contribution in [0.5, 0.6) is 0 Å². The second kappa shape index (κ2) is 9.20. The van der Waals surface area contributed by atoms with Gasteiger partial charge in [0.15, 0.2) is 0 Å². The van der Waals surface area contributed by atoms with Crippen LogP contribution in [0, 0.1) is 0 Å². The molecule has 4 rings (SSSR count). The van der Waals surface area contributed by atoms with Crippen molar-refractivity contribution in [3.8, 4) is 0 Å². The Morgan fingerprint density at radius 3 is 2.65 bits per heavy atom. The third-order valence-corrected chi connectivity index (χ3v) is 5.62. The minimum absolute atomic E-state index is 0.0596. The zero-order chi connectivity index (χ0) is 21.8. The highest BCUT2D eigenvalue weighted by Gasteiger charge is 2.33. The Balaban J connectivity index is 1.49. The van der Waals surface area contributed by atoms with Crippen molar-refractivity contribution in [2.24, 2.45) is 0 Å². The monoisotopic (exact) mass is 420 g/mol. The maximum Gasteiger partial charge on any atom is 0.338 e. The Bertz CT molecular complexity index is 1070. The zero-order valence-corrected chi connectivity index (χ0v) is 18.0. The SMILES string of the molecule is CCCOC(=O)c1ccc(NC(=O)N2CCCC2c2nc3ccccc3n2CC)cc1. The van der Waals surface area contributed by atoms with Crippen LogP contribution in [0.15, 0.2) is 48.5 Å². The average molecular weight is 421 g/mol. The van der Waals surface area contributed by atoms with Crippen LogP contribution in [-0.2, 0) is 11.3 Å². The number of ether oxygens (including phenoxy) is 1. The lowest BCUT2D eigenvalue weighted by atomic mass is 10.2. The minimum Gasteiger partial charge on any atom is -0.462 e. The lowest BCUT2D eigenvalue weighted by Gasteiger charge is -2.25. The van der Waals surface area contributed by atoms with Gasteiger partial charge in [-0.15, -0.1) is 0 Å². The molecule has 7 heteroatoms. The minimum atomic E-state index is -0.349. The van der Waals surface area contributed by atoms with Gasteiger partial charge >= 0.3 is 12.0 Å². The van der Waals surface area contributed by atoms with E-state index < -0.39 is 0 Å². The molecule has 0 aliphatic carbocycles. The van der Waals surface area contributed by atoms with Crippen LogP contribution in [0.3, 0.4) is 0 Å². The van der Waals surface area contributed by atoms with Crippen molar-refractivity contribution < 1.29 is 14.3 Å². The smallest absolute Gasteiger partial charge is 0.338 e. The number of fused-ring (bicyclic) bond motifs is 1. The first-order valence-electron chi connectivity index (χ1n) is 10.9. The number of nitrogens with zero attached hydrogens (tertiary/aromatic N) is 3. The largest absolute Gasteiger partial charge is 0.462 e. The van der Waals surface area contributed by atoms with E-state index in [1.54, 1.807) is 24.3 Å². The van der Waals surface area contributed by atoms with E-state index in [-0.39, 0.29) is 18.0 Å². The Labute approximate surface area is 182 Å². The molecule has 1 saturated heterocycles. The highest BCUT2D eigenvalue weighted by Crippen LogP contribution is 2.34. The van der Waals surface area contributed by atoms with Gasteiger partial charge in [-0.05, 0) is 62.6 Å². The van der Waals surface area contributed by atoms with Gasteiger partial charge in [-0.1, -0.05) is 19.1 Å². The molecule has 7 nitrogen and oxygen atoms in total. The van der Waals surface area contributed by atoms with Crippen LogP contribution >= 0.6 is 0 Å². The number of carbonyl (C=O) groups excluding carboxylic acids is 2. The highest BCUT2D eigenvalue weighted by atomic mass is 16.5. The lowest BCUT2D eigenvalue weighted by Crippen LogP contribution is -2.35. The van der Waals surface area contributed by atoms with E-state index in [2.05, 4.69) is 22.9 Å². The second-order valence-corrected chi connectivity index (χ2v) is 7.70. The summed E-state index contributed by atoms with van der Waals surface area (Å²) in [5, 5.41) is 2.96. The van der Waals surface area contributed by atoms with Gasteiger partial charge in [0.1, 0.15) is 5.82 Å². The molecule has 0 bridgehead atoms. The number of likely N-dealkylation sites (tertiary alicyclic amines) is 1. The molecule has 0 radical (unpaired) electrons. The van der Waals surface area contributed by atoms with Crippen molar-refractivity contribution in [3.63, 3.8) is 0 Å². The molecule has 1 aliphatic heterocycles. The van der Waals surface area contributed by atoms with Gasteiger partial charge in [0.2, 0.25) is 0 Å². The molecule has 2 amide bonds. The van der Waals surface area contributed by atoms with Gasteiger partial charge in [0, 0.05) is 18.8 Å². The summed E-state index contributed by atoms with van der Waals surface area (Å²) >= 11 is 0. The van der Waals surface area contributed by atoms with Crippen molar-refractivity contribution in [2.75, 3.05) is 18.5 Å².